The Morgan fingerprint density at radius 1 is 1.58 bits per heavy atom. The fraction of sp³-hybridized carbons (Fsp3) is 0.273. The van der Waals surface area contributed by atoms with Crippen LogP contribution in [0.2, 0.25) is 0 Å². The van der Waals surface area contributed by atoms with Gasteiger partial charge in [-0.15, -0.1) is 0 Å². The lowest BCUT2D eigenvalue weighted by Crippen LogP contribution is -2.38. The van der Waals surface area contributed by atoms with E-state index in [1.807, 2.05) is 19.3 Å². The van der Waals surface area contributed by atoms with Gasteiger partial charge in [-0.25, -0.2) is 9.97 Å². The summed E-state index contributed by atoms with van der Waals surface area (Å²) in [7, 11) is 1.85. The molecular formula is C11H13BrClN5O. The van der Waals surface area contributed by atoms with Crippen molar-refractivity contribution in [3.8, 4) is 5.88 Å². The predicted molar refractivity (Wildman–Crippen MR) is 77.4 cm³/mol. The number of ether oxygens (including phenoxy) is 1. The Morgan fingerprint density at radius 2 is 2.32 bits per heavy atom. The molecule has 0 amide bonds. The van der Waals surface area contributed by atoms with Crippen LogP contribution in [0.5, 0.6) is 5.88 Å². The van der Waals surface area contributed by atoms with E-state index in [1.165, 1.54) is 6.20 Å². The second-order valence-electron chi connectivity index (χ2n) is 3.97. The lowest BCUT2D eigenvalue weighted by Gasteiger charge is -2.27. The van der Waals surface area contributed by atoms with Crippen LogP contribution in [0.25, 0.3) is 0 Å². The molecule has 8 heteroatoms. The Kier molecular flexibility index (Phi) is 4.28. The molecule has 1 aliphatic rings. The Hall–Kier alpha value is -1.31. The van der Waals surface area contributed by atoms with Gasteiger partial charge < -0.3 is 21.1 Å². The second kappa shape index (κ2) is 5.77. The van der Waals surface area contributed by atoms with Crippen LogP contribution < -0.4 is 16.2 Å². The molecular weight excluding hydrogens is 334 g/mol. The highest BCUT2D eigenvalue weighted by molar-refractivity contribution is 9.10. The maximum Gasteiger partial charge on any atom is 0.258 e. The van der Waals surface area contributed by atoms with Gasteiger partial charge in [0.15, 0.2) is 5.82 Å². The number of anilines is 1. The molecule has 1 aromatic rings. The van der Waals surface area contributed by atoms with Gasteiger partial charge in [-0.1, -0.05) is 11.6 Å². The van der Waals surface area contributed by atoms with Gasteiger partial charge in [-0.05, 0) is 22.0 Å². The van der Waals surface area contributed by atoms with Gasteiger partial charge in [0.05, 0.1) is 11.2 Å². The van der Waals surface area contributed by atoms with Gasteiger partial charge in [0, 0.05) is 18.8 Å². The molecule has 0 saturated carbocycles. The first kappa shape index (κ1) is 14.1. The molecule has 1 atom stereocenters. The zero-order valence-corrected chi connectivity index (χ0v) is 12.5. The molecule has 102 valence electrons. The topological polar surface area (TPSA) is 90.3 Å². The van der Waals surface area contributed by atoms with Crippen molar-refractivity contribution < 1.29 is 4.74 Å². The number of likely N-dealkylation sites (N-methyl/N-ethyl adjacent to an activating group) is 1. The number of nitrogens with zero attached hydrogens (tertiary/aromatic N) is 3. The molecule has 0 aromatic carbocycles. The maximum absolute atomic E-state index is 6.17. The summed E-state index contributed by atoms with van der Waals surface area (Å²) in [6, 6.07) is 0. The predicted octanol–water partition coefficient (Wildman–Crippen LogP) is 1.44. The molecule has 0 saturated heterocycles. The van der Waals surface area contributed by atoms with Crippen molar-refractivity contribution in [2.75, 3.05) is 19.4 Å². The standard InChI is InChI=1S/C11H13BrClN5O/c1-18-3-2-6(8(13)10(18)15)5-19-11-9(14)16-4-7(12)17-11/h2-4,10H,5,15H2,1H3,(H2,14,16). The van der Waals surface area contributed by atoms with Gasteiger partial charge in [0.2, 0.25) is 0 Å². The van der Waals surface area contributed by atoms with Crippen LogP contribution in [0, 0.1) is 0 Å². The minimum atomic E-state index is -0.365. The first-order valence-corrected chi connectivity index (χ1v) is 6.61. The molecule has 1 aromatic heterocycles. The van der Waals surface area contributed by atoms with E-state index in [4.69, 9.17) is 27.8 Å². The summed E-state index contributed by atoms with van der Waals surface area (Å²) >= 11 is 9.37. The summed E-state index contributed by atoms with van der Waals surface area (Å²) in [5.74, 6) is 0.480. The number of rotatable bonds is 3. The number of aromatic nitrogens is 2. The number of nitrogen functional groups attached to an aromatic ring is 1. The van der Waals surface area contributed by atoms with Crippen molar-refractivity contribution in [2.45, 2.75) is 6.17 Å². The lowest BCUT2D eigenvalue weighted by atomic mass is 10.2. The average Bonchev–Trinajstić information content (AvgIpc) is 2.39. The van der Waals surface area contributed by atoms with E-state index >= 15 is 0 Å². The normalized spacial score (nSPS) is 18.9. The van der Waals surface area contributed by atoms with Crippen molar-refractivity contribution in [1.29, 1.82) is 0 Å². The van der Waals surface area contributed by atoms with Gasteiger partial charge in [0.25, 0.3) is 5.88 Å². The molecule has 0 aliphatic carbocycles. The first-order chi connectivity index (χ1) is 8.99. The van der Waals surface area contributed by atoms with Crippen molar-refractivity contribution in [3.63, 3.8) is 0 Å². The van der Waals surface area contributed by atoms with E-state index in [9.17, 15) is 0 Å². The van der Waals surface area contributed by atoms with Crippen LogP contribution in [0.4, 0.5) is 5.82 Å². The summed E-state index contributed by atoms with van der Waals surface area (Å²) in [6.45, 7) is 0.228. The average molecular weight is 347 g/mol. The molecule has 1 aliphatic heterocycles. The number of nitrogens with two attached hydrogens (primary N) is 2. The third-order valence-corrected chi connectivity index (χ3v) is 3.47. The van der Waals surface area contributed by atoms with Crippen molar-refractivity contribution in [2.24, 2.45) is 5.73 Å². The molecule has 19 heavy (non-hydrogen) atoms. The fourth-order valence-electron chi connectivity index (χ4n) is 1.48. The molecule has 4 N–H and O–H groups in total. The first-order valence-electron chi connectivity index (χ1n) is 5.44. The van der Waals surface area contributed by atoms with E-state index in [0.29, 0.717) is 9.64 Å². The smallest absolute Gasteiger partial charge is 0.258 e. The summed E-state index contributed by atoms with van der Waals surface area (Å²) in [5, 5.41) is 0.534. The van der Waals surface area contributed by atoms with Crippen LogP contribution in [0.3, 0.4) is 0 Å². The van der Waals surface area contributed by atoms with Gasteiger partial charge in [-0.3, -0.25) is 0 Å². The fourth-order valence-corrected chi connectivity index (χ4v) is 2.01. The molecule has 2 heterocycles. The van der Waals surface area contributed by atoms with E-state index in [2.05, 4.69) is 25.9 Å². The summed E-state index contributed by atoms with van der Waals surface area (Å²) < 4.78 is 6.06. The third kappa shape index (κ3) is 3.17. The Bertz CT molecular complexity index is 548. The van der Waals surface area contributed by atoms with Crippen LogP contribution in [0.1, 0.15) is 0 Å². The number of halogens is 2. The van der Waals surface area contributed by atoms with E-state index in [1.54, 1.807) is 4.90 Å². The lowest BCUT2D eigenvalue weighted by molar-refractivity contribution is 0.329. The highest BCUT2D eigenvalue weighted by Gasteiger charge is 2.19. The van der Waals surface area contributed by atoms with Crippen LogP contribution in [0.15, 0.2) is 33.7 Å². The Balaban J connectivity index is 2.11. The monoisotopic (exact) mass is 345 g/mol. The summed E-state index contributed by atoms with van der Waals surface area (Å²) in [4.78, 5) is 9.83. The zero-order valence-electron chi connectivity index (χ0n) is 10.2. The molecule has 6 nitrogen and oxygen atoms in total. The van der Waals surface area contributed by atoms with E-state index in [0.717, 1.165) is 5.57 Å². The van der Waals surface area contributed by atoms with Crippen molar-refractivity contribution >= 4 is 33.3 Å². The second-order valence-corrected chi connectivity index (χ2v) is 5.19. The largest absolute Gasteiger partial charge is 0.470 e. The Labute approximate surface area is 124 Å². The van der Waals surface area contributed by atoms with Crippen molar-refractivity contribution in [3.05, 3.63) is 33.7 Å². The molecule has 1 unspecified atom stereocenters. The molecule has 0 radical (unpaired) electrons. The molecule has 2 rings (SSSR count). The zero-order chi connectivity index (χ0) is 14.0. The van der Waals surface area contributed by atoms with E-state index in [-0.39, 0.29) is 24.5 Å². The summed E-state index contributed by atoms with van der Waals surface area (Å²) in [5.41, 5.74) is 12.4. The maximum atomic E-state index is 6.17. The minimum absolute atomic E-state index is 0.223. The van der Waals surface area contributed by atoms with E-state index < -0.39 is 0 Å². The van der Waals surface area contributed by atoms with Gasteiger partial charge in [0.1, 0.15) is 17.4 Å². The molecule has 0 spiro atoms. The van der Waals surface area contributed by atoms with Crippen LogP contribution in [-0.4, -0.2) is 34.7 Å². The van der Waals surface area contributed by atoms with Crippen LogP contribution >= 0.6 is 27.5 Å². The highest BCUT2D eigenvalue weighted by atomic mass is 79.9. The van der Waals surface area contributed by atoms with Gasteiger partial charge >= 0.3 is 0 Å². The number of hydrogen-bond acceptors (Lipinski definition) is 6. The van der Waals surface area contributed by atoms with Crippen molar-refractivity contribution in [1.82, 2.24) is 14.9 Å². The SMILES string of the molecule is CN1C=CC(COc2nc(Br)cnc2N)=C(Cl)C1N. The number of hydrogen-bond donors (Lipinski definition) is 2. The summed E-state index contributed by atoms with van der Waals surface area (Å²) in [6.07, 6.45) is 4.81. The third-order valence-electron chi connectivity index (χ3n) is 2.62. The minimum Gasteiger partial charge on any atom is -0.470 e. The quantitative estimate of drug-likeness (QED) is 0.860. The van der Waals surface area contributed by atoms with Gasteiger partial charge in [-0.2, -0.15) is 0 Å². The molecule has 0 fully saturated rings. The highest BCUT2D eigenvalue weighted by Crippen LogP contribution is 2.24. The van der Waals surface area contributed by atoms with Crippen LogP contribution in [-0.2, 0) is 0 Å². The Morgan fingerprint density at radius 3 is 3.05 bits per heavy atom. The molecule has 0 bridgehead atoms.